The van der Waals surface area contributed by atoms with Crippen LogP contribution in [0, 0.1) is 6.92 Å². The van der Waals surface area contributed by atoms with Crippen molar-refractivity contribution in [1.29, 1.82) is 0 Å². The average Bonchev–Trinajstić information content (AvgIpc) is 2.23. The van der Waals surface area contributed by atoms with Crippen LogP contribution in [0.2, 0.25) is 0 Å². The van der Waals surface area contributed by atoms with E-state index in [1.165, 1.54) is 0 Å². The van der Waals surface area contributed by atoms with Crippen LogP contribution in [-0.4, -0.2) is 6.18 Å². The predicted molar refractivity (Wildman–Crippen MR) is 61.1 cm³/mol. The van der Waals surface area contributed by atoms with Crippen LogP contribution in [0.4, 0.5) is 13.2 Å². The van der Waals surface area contributed by atoms with Gasteiger partial charge < -0.3 is 0 Å². The number of hydrogen-bond acceptors (Lipinski definition) is 2. The van der Waals surface area contributed by atoms with E-state index in [1.54, 1.807) is 0 Å². The molecule has 0 radical (unpaired) electrons. The Morgan fingerprint density at radius 1 is 1.35 bits per heavy atom. The summed E-state index contributed by atoms with van der Waals surface area (Å²) in [6.45, 7) is 1.94. The second kappa shape index (κ2) is 6.02. The Morgan fingerprint density at radius 3 is 2.59 bits per heavy atom. The molecule has 2 nitrogen and oxygen atoms in total. The highest BCUT2D eigenvalue weighted by molar-refractivity contribution is 5.24. The number of aryl methyl sites for hydroxylation is 1. The number of hydrogen-bond donors (Lipinski definition) is 2. The summed E-state index contributed by atoms with van der Waals surface area (Å²) in [6.07, 6.45) is -4.41. The smallest absolute Gasteiger partial charge is 0.271 e. The lowest BCUT2D eigenvalue weighted by Crippen LogP contribution is -2.28. The van der Waals surface area contributed by atoms with Gasteiger partial charge in [-0.25, -0.2) is 0 Å². The molecule has 0 saturated heterocycles. The minimum absolute atomic E-state index is 0.0757. The summed E-state index contributed by atoms with van der Waals surface area (Å²) < 4.78 is 36.1. The number of nitrogens with one attached hydrogen (secondary N) is 1. The quantitative estimate of drug-likeness (QED) is 0.618. The van der Waals surface area contributed by atoms with E-state index < -0.39 is 12.6 Å². The number of halogens is 3. The standard InChI is InChI=1S/C12H17F3N2/c1-9-4-2-5-10(8-9)11(17-16)6-3-7-12(13,14)15/h2,4-5,8,11,17H,3,6-7,16H2,1H3. The van der Waals surface area contributed by atoms with Gasteiger partial charge in [0.15, 0.2) is 0 Å². The van der Waals surface area contributed by atoms with E-state index in [0.717, 1.165) is 11.1 Å². The molecule has 0 aliphatic carbocycles. The largest absolute Gasteiger partial charge is 0.389 e. The van der Waals surface area contributed by atoms with E-state index in [-0.39, 0.29) is 12.5 Å². The molecule has 0 aromatic heterocycles. The molecule has 0 heterocycles. The Labute approximate surface area is 99.0 Å². The van der Waals surface area contributed by atoms with E-state index in [2.05, 4.69) is 5.43 Å². The van der Waals surface area contributed by atoms with E-state index in [0.29, 0.717) is 6.42 Å². The van der Waals surface area contributed by atoms with E-state index in [1.807, 2.05) is 31.2 Å². The molecule has 0 saturated carbocycles. The average molecular weight is 246 g/mol. The third kappa shape index (κ3) is 5.19. The zero-order valence-corrected chi connectivity index (χ0v) is 9.72. The van der Waals surface area contributed by atoms with Crippen molar-refractivity contribution >= 4 is 0 Å². The Hall–Kier alpha value is -1.07. The van der Waals surface area contributed by atoms with Crippen LogP contribution >= 0.6 is 0 Å². The van der Waals surface area contributed by atoms with Gasteiger partial charge in [0, 0.05) is 12.5 Å². The number of rotatable bonds is 5. The van der Waals surface area contributed by atoms with Crippen molar-refractivity contribution in [2.45, 2.75) is 38.4 Å². The van der Waals surface area contributed by atoms with Gasteiger partial charge in [0.05, 0.1) is 0 Å². The summed E-state index contributed by atoms with van der Waals surface area (Å²) in [5, 5.41) is 0. The van der Waals surface area contributed by atoms with Crippen LogP contribution in [0.25, 0.3) is 0 Å². The molecule has 1 rings (SSSR count). The maximum atomic E-state index is 12.0. The van der Waals surface area contributed by atoms with Crippen molar-refractivity contribution in [2.24, 2.45) is 5.84 Å². The third-order valence-corrected chi connectivity index (χ3v) is 2.60. The van der Waals surface area contributed by atoms with Crippen molar-refractivity contribution < 1.29 is 13.2 Å². The Balaban J connectivity index is 2.54. The molecule has 1 aromatic carbocycles. The lowest BCUT2D eigenvalue weighted by Gasteiger charge is -2.17. The van der Waals surface area contributed by atoms with Crippen LogP contribution in [-0.2, 0) is 0 Å². The summed E-state index contributed by atoms with van der Waals surface area (Å²) in [5.41, 5.74) is 4.56. The molecule has 1 aromatic rings. The summed E-state index contributed by atoms with van der Waals surface area (Å²) in [7, 11) is 0. The Bertz CT molecular complexity index is 350. The van der Waals surface area contributed by atoms with E-state index >= 15 is 0 Å². The molecule has 1 unspecified atom stereocenters. The number of hydrazine groups is 1. The number of nitrogens with two attached hydrogens (primary N) is 1. The molecular weight excluding hydrogens is 229 g/mol. The fourth-order valence-corrected chi connectivity index (χ4v) is 1.74. The molecule has 0 fully saturated rings. The minimum atomic E-state index is -4.09. The van der Waals surface area contributed by atoms with Crippen LogP contribution in [0.3, 0.4) is 0 Å². The molecule has 0 bridgehead atoms. The van der Waals surface area contributed by atoms with Crippen molar-refractivity contribution in [3.63, 3.8) is 0 Å². The van der Waals surface area contributed by atoms with Crippen LogP contribution < -0.4 is 11.3 Å². The molecular formula is C12H17F3N2. The third-order valence-electron chi connectivity index (χ3n) is 2.60. The first-order chi connectivity index (χ1) is 7.92. The zero-order chi connectivity index (χ0) is 12.9. The fraction of sp³-hybridized carbons (Fsp3) is 0.500. The van der Waals surface area contributed by atoms with Gasteiger partial charge in [-0.1, -0.05) is 29.8 Å². The molecule has 5 heteroatoms. The van der Waals surface area contributed by atoms with Crippen molar-refractivity contribution in [1.82, 2.24) is 5.43 Å². The SMILES string of the molecule is Cc1cccc(C(CCCC(F)(F)F)NN)c1. The first-order valence-corrected chi connectivity index (χ1v) is 5.52. The van der Waals surface area contributed by atoms with Crippen molar-refractivity contribution in [3.8, 4) is 0 Å². The monoisotopic (exact) mass is 246 g/mol. The van der Waals surface area contributed by atoms with E-state index in [4.69, 9.17) is 5.84 Å². The van der Waals surface area contributed by atoms with Gasteiger partial charge in [0.25, 0.3) is 0 Å². The minimum Gasteiger partial charge on any atom is -0.271 e. The molecule has 0 aliphatic heterocycles. The maximum Gasteiger partial charge on any atom is 0.389 e. The van der Waals surface area contributed by atoms with Crippen molar-refractivity contribution in [2.75, 3.05) is 0 Å². The molecule has 96 valence electrons. The highest BCUT2D eigenvalue weighted by atomic mass is 19.4. The molecule has 17 heavy (non-hydrogen) atoms. The molecule has 0 aliphatic rings. The van der Waals surface area contributed by atoms with Gasteiger partial charge in [0.2, 0.25) is 0 Å². The van der Waals surface area contributed by atoms with Gasteiger partial charge in [-0.15, -0.1) is 0 Å². The van der Waals surface area contributed by atoms with Crippen LogP contribution in [0.15, 0.2) is 24.3 Å². The Kier molecular flexibility index (Phi) is 4.96. The second-order valence-electron chi connectivity index (χ2n) is 4.14. The van der Waals surface area contributed by atoms with Crippen LogP contribution in [0.5, 0.6) is 0 Å². The van der Waals surface area contributed by atoms with Gasteiger partial charge in [-0.05, 0) is 25.3 Å². The summed E-state index contributed by atoms with van der Waals surface area (Å²) in [6, 6.07) is 7.38. The number of benzene rings is 1. The maximum absolute atomic E-state index is 12.0. The van der Waals surface area contributed by atoms with Crippen LogP contribution in [0.1, 0.15) is 36.4 Å². The fourth-order valence-electron chi connectivity index (χ4n) is 1.74. The van der Waals surface area contributed by atoms with Gasteiger partial charge >= 0.3 is 6.18 Å². The Morgan fingerprint density at radius 2 is 2.06 bits per heavy atom. The lowest BCUT2D eigenvalue weighted by molar-refractivity contribution is -0.135. The normalized spacial score (nSPS) is 13.7. The highest BCUT2D eigenvalue weighted by Gasteiger charge is 2.26. The topological polar surface area (TPSA) is 38.0 Å². The molecule has 0 spiro atoms. The van der Waals surface area contributed by atoms with Gasteiger partial charge in [-0.2, -0.15) is 13.2 Å². The summed E-state index contributed by atoms with van der Waals surface area (Å²) in [4.78, 5) is 0. The molecule has 0 amide bonds. The molecule has 3 N–H and O–H groups in total. The first-order valence-electron chi connectivity index (χ1n) is 5.52. The number of alkyl halides is 3. The molecule has 1 atom stereocenters. The lowest BCUT2D eigenvalue weighted by atomic mass is 10.00. The second-order valence-corrected chi connectivity index (χ2v) is 4.14. The summed E-state index contributed by atoms with van der Waals surface area (Å²) >= 11 is 0. The van der Waals surface area contributed by atoms with Gasteiger partial charge in [0.1, 0.15) is 0 Å². The first kappa shape index (κ1) is 14.0. The zero-order valence-electron chi connectivity index (χ0n) is 9.72. The summed E-state index contributed by atoms with van der Waals surface area (Å²) in [5.74, 6) is 5.37. The van der Waals surface area contributed by atoms with Gasteiger partial charge in [-0.3, -0.25) is 11.3 Å². The predicted octanol–water partition coefficient (Wildman–Crippen LogP) is 3.23. The highest BCUT2D eigenvalue weighted by Crippen LogP contribution is 2.26. The van der Waals surface area contributed by atoms with Crippen molar-refractivity contribution in [3.05, 3.63) is 35.4 Å². The van der Waals surface area contributed by atoms with E-state index in [9.17, 15) is 13.2 Å².